The van der Waals surface area contributed by atoms with E-state index in [9.17, 15) is 4.79 Å². The van der Waals surface area contributed by atoms with Crippen molar-refractivity contribution in [1.29, 1.82) is 0 Å². The van der Waals surface area contributed by atoms with Crippen molar-refractivity contribution in [1.82, 2.24) is 19.3 Å². The molecule has 0 aliphatic rings. The van der Waals surface area contributed by atoms with E-state index in [-0.39, 0.29) is 11.6 Å². The third-order valence-electron chi connectivity index (χ3n) is 3.89. The number of rotatable bonds is 6. The number of aryl methyl sites for hydroxylation is 2. The van der Waals surface area contributed by atoms with Gasteiger partial charge in [0.25, 0.3) is 5.56 Å². The Bertz CT molecular complexity index is 897. The maximum atomic E-state index is 12.7. The first kappa shape index (κ1) is 16.8. The highest BCUT2D eigenvalue weighted by molar-refractivity contribution is 7.99. The Morgan fingerprint density at radius 1 is 1.25 bits per heavy atom. The summed E-state index contributed by atoms with van der Waals surface area (Å²) in [6, 6.07) is 7.65. The van der Waals surface area contributed by atoms with E-state index >= 15 is 0 Å². The summed E-state index contributed by atoms with van der Waals surface area (Å²) in [6.45, 7) is 4.05. The Balaban J connectivity index is 1.77. The summed E-state index contributed by atoms with van der Waals surface area (Å²) in [5.74, 6) is 0.923. The van der Waals surface area contributed by atoms with Crippen molar-refractivity contribution >= 4 is 22.7 Å². The number of hydrogen-bond acceptors (Lipinski definition) is 4. The second-order valence-corrected chi connectivity index (χ2v) is 7.22. The topological polar surface area (TPSA) is 52.7 Å². The first-order chi connectivity index (χ1) is 11.6. The predicted molar refractivity (Wildman–Crippen MR) is 98.6 cm³/mol. The molecule has 0 saturated carbocycles. The number of thioether (sulfide) groups is 1. The highest BCUT2D eigenvalue weighted by Gasteiger charge is 2.13. The average molecular weight is 342 g/mol. The minimum absolute atomic E-state index is 0.0466. The van der Waals surface area contributed by atoms with E-state index in [1.807, 2.05) is 62.2 Å². The lowest BCUT2D eigenvalue weighted by molar-refractivity contribution is 0.519. The highest BCUT2D eigenvalue weighted by Crippen LogP contribution is 2.22. The molecule has 0 saturated heterocycles. The van der Waals surface area contributed by atoms with Crippen LogP contribution < -0.4 is 5.56 Å². The Labute approximate surface area is 145 Å². The number of aromatic nitrogens is 4. The molecule has 3 rings (SSSR count). The van der Waals surface area contributed by atoms with E-state index in [0.717, 1.165) is 29.3 Å². The Kier molecular flexibility index (Phi) is 5.04. The van der Waals surface area contributed by atoms with Gasteiger partial charge < -0.3 is 0 Å². The van der Waals surface area contributed by atoms with Gasteiger partial charge in [-0.05, 0) is 44.4 Å². The van der Waals surface area contributed by atoms with Gasteiger partial charge >= 0.3 is 0 Å². The zero-order valence-electron chi connectivity index (χ0n) is 14.3. The molecule has 24 heavy (non-hydrogen) atoms. The minimum atomic E-state index is 0.0466. The van der Waals surface area contributed by atoms with Crippen molar-refractivity contribution in [2.75, 3.05) is 5.75 Å². The summed E-state index contributed by atoms with van der Waals surface area (Å²) in [6.07, 6.45) is 5.96. The van der Waals surface area contributed by atoms with Gasteiger partial charge in [0.1, 0.15) is 0 Å². The van der Waals surface area contributed by atoms with Crippen molar-refractivity contribution < 1.29 is 0 Å². The molecule has 0 fully saturated rings. The quantitative estimate of drug-likeness (QED) is 0.391. The van der Waals surface area contributed by atoms with Gasteiger partial charge in [-0.3, -0.25) is 14.0 Å². The van der Waals surface area contributed by atoms with Crippen LogP contribution in [0.5, 0.6) is 0 Å². The van der Waals surface area contributed by atoms with Crippen LogP contribution in [0.4, 0.5) is 0 Å². The molecule has 0 amide bonds. The van der Waals surface area contributed by atoms with Crippen LogP contribution in [0.25, 0.3) is 10.9 Å². The maximum absolute atomic E-state index is 12.7. The van der Waals surface area contributed by atoms with Gasteiger partial charge in [0, 0.05) is 25.0 Å². The summed E-state index contributed by atoms with van der Waals surface area (Å²) in [5, 5.41) is 5.68. The van der Waals surface area contributed by atoms with Gasteiger partial charge in [-0.15, -0.1) is 0 Å². The zero-order chi connectivity index (χ0) is 17.1. The summed E-state index contributed by atoms with van der Waals surface area (Å²) < 4.78 is 3.63. The molecule has 0 atom stereocenters. The normalized spacial score (nSPS) is 11.5. The second-order valence-electron chi connectivity index (χ2n) is 6.15. The van der Waals surface area contributed by atoms with Gasteiger partial charge in [0.05, 0.1) is 17.1 Å². The lowest BCUT2D eigenvalue weighted by atomic mass is 10.2. The SMILES string of the molecule is CC(C)n1c(SCCCc2cnn(C)c2)nc2ccccc2c1=O. The van der Waals surface area contributed by atoms with Gasteiger partial charge in [0.2, 0.25) is 0 Å². The summed E-state index contributed by atoms with van der Waals surface area (Å²) in [5.41, 5.74) is 2.06. The maximum Gasteiger partial charge on any atom is 0.262 e. The van der Waals surface area contributed by atoms with Crippen LogP contribution in [0.1, 0.15) is 31.9 Å². The standard InChI is InChI=1S/C18H22N4OS/c1-13(2)22-17(23)15-8-4-5-9-16(15)20-18(22)24-10-6-7-14-11-19-21(3)12-14/h4-5,8-9,11-13H,6-7,10H2,1-3H3. The van der Waals surface area contributed by atoms with Crippen LogP contribution in [-0.2, 0) is 13.5 Å². The Morgan fingerprint density at radius 2 is 2.04 bits per heavy atom. The molecule has 2 heterocycles. The fraction of sp³-hybridized carbons (Fsp3) is 0.389. The van der Waals surface area contributed by atoms with E-state index in [4.69, 9.17) is 4.98 Å². The molecule has 6 heteroatoms. The Morgan fingerprint density at radius 3 is 2.75 bits per heavy atom. The smallest absolute Gasteiger partial charge is 0.262 e. The molecule has 0 bridgehead atoms. The van der Waals surface area contributed by atoms with E-state index in [1.54, 1.807) is 16.3 Å². The van der Waals surface area contributed by atoms with Crippen LogP contribution in [0.2, 0.25) is 0 Å². The summed E-state index contributed by atoms with van der Waals surface area (Å²) in [4.78, 5) is 17.5. The molecule has 0 spiro atoms. The number of fused-ring (bicyclic) bond motifs is 1. The lowest BCUT2D eigenvalue weighted by Crippen LogP contribution is -2.25. The van der Waals surface area contributed by atoms with E-state index in [0.29, 0.717) is 5.39 Å². The summed E-state index contributed by atoms with van der Waals surface area (Å²) in [7, 11) is 1.93. The molecular weight excluding hydrogens is 320 g/mol. The molecule has 0 unspecified atom stereocenters. The Hall–Kier alpha value is -2.08. The predicted octanol–water partition coefficient (Wildman–Crippen LogP) is 3.44. The van der Waals surface area contributed by atoms with Crippen LogP contribution in [0.15, 0.2) is 46.6 Å². The van der Waals surface area contributed by atoms with Crippen molar-refractivity contribution in [3.05, 3.63) is 52.6 Å². The van der Waals surface area contributed by atoms with Gasteiger partial charge in [-0.1, -0.05) is 23.9 Å². The summed E-state index contributed by atoms with van der Waals surface area (Å²) >= 11 is 1.66. The molecule has 126 valence electrons. The third-order valence-corrected chi connectivity index (χ3v) is 4.93. The second kappa shape index (κ2) is 7.21. The molecule has 2 aromatic heterocycles. The number of benzene rings is 1. The van der Waals surface area contributed by atoms with Gasteiger partial charge in [0.15, 0.2) is 5.16 Å². The molecule has 5 nitrogen and oxygen atoms in total. The first-order valence-electron chi connectivity index (χ1n) is 8.18. The number of nitrogens with zero attached hydrogens (tertiary/aromatic N) is 4. The molecule has 0 radical (unpaired) electrons. The van der Waals surface area contributed by atoms with Crippen molar-refractivity contribution in [3.8, 4) is 0 Å². The average Bonchev–Trinajstić information content (AvgIpc) is 2.97. The van der Waals surface area contributed by atoms with Gasteiger partial charge in [-0.2, -0.15) is 5.10 Å². The zero-order valence-corrected chi connectivity index (χ0v) is 15.1. The fourth-order valence-electron chi connectivity index (χ4n) is 2.72. The monoisotopic (exact) mass is 342 g/mol. The van der Waals surface area contributed by atoms with Crippen LogP contribution in [0, 0.1) is 0 Å². The molecule has 1 aromatic carbocycles. The molecular formula is C18H22N4OS. The van der Waals surface area contributed by atoms with Crippen molar-refractivity contribution in [2.24, 2.45) is 7.05 Å². The van der Waals surface area contributed by atoms with Gasteiger partial charge in [-0.25, -0.2) is 4.98 Å². The molecule has 3 aromatic rings. The molecule has 0 aliphatic heterocycles. The lowest BCUT2D eigenvalue weighted by Gasteiger charge is -2.16. The number of hydrogen-bond donors (Lipinski definition) is 0. The van der Waals surface area contributed by atoms with Crippen LogP contribution in [0.3, 0.4) is 0 Å². The third kappa shape index (κ3) is 3.53. The van der Waals surface area contributed by atoms with E-state index in [1.165, 1.54) is 5.56 Å². The van der Waals surface area contributed by atoms with Crippen molar-refractivity contribution in [3.63, 3.8) is 0 Å². The highest BCUT2D eigenvalue weighted by atomic mass is 32.2. The fourth-order valence-corrected chi connectivity index (χ4v) is 3.79. The minimum Gasteiger partial charge on any atom is -0.285 e. The molecule has 0 aliphatic carbocycles. The van der Waals surface area contributed by atoms with E-state index in [2.05, 4.69) is 5.10 Å². The van der Waals surface area contributed by atoms with Crippen LogP contribution >= 0.6 is 11.8 Å². The van der Waals surface area contributed by atoms with E-state index < -0.39 is 0 Å². The van der Waals surface area contributed by atoms with Crippen LogP contribution in [-0.4, -0.2) is 25.1 Å². The number of para-hydroxylation sites is 1. The molecule has 0 N–H and O–H groups in total. The van der Waals surface area contributed by atoms with Crippen molar-refractivity contribution in [2.45, 2.75) is 37.9 Å². The first-order valence-corrected chi connectivity index (χ1v) is 9.16. The largest absolute Gasteiger partial charge is 0.285 e.